The highest BCUT2D eigenvalue weighted by Gasteiger charge is 2.04. The van der Waals surface area contributed by atoms with Gasteiger partial charge in [0, 0.05) is 23.6 Å². The van der Waals surface area contributed by atoms with Crippen molar-refractivity contribution in [2.45, 2.75) is 6.92 Å². The summed E-state index contributed by atoms with van der Waals surface area (Å²) in [6.45, 7) is 1.99. The molecule has 3 aromatic rings. The number of hydrogen-bond donors (Lipinski definition) is 2. The lowest BCUT2D eigenvalue weighted by molar-refractivity contribution is 0.262. The van der Waals surface area contributed by atoms with Crippen LogP contribution in [0.15, 0.2) is 66.9 Å². The predicted octanol–water partition coefficient (Wildman–Crippen LogP) is 5.48. The number of urea groups is 1. The van der Waals surface area contributed by atoms with E-state index in [0.717, 1.165) is 11.3 Å². The van der Waals surface area contributed by atoms with Gasteiger partial charge in [0.05, 0.1) is 0 Å². The lowest BCUT2D eigenvalue weighted by Gasteiger charge is -2.09. The summed E-state index contributed by atoms with van der Waals surface area (Å²) < 4.78 is 5.67. The zero-order valence-corrected chi connectivity index (χ0v) is 14.2. The summed E-state index contributed by atoms with van der Waals surface area (Å²) in [5.74, 6) is 1.23. The van der Waals surface area contributed by atoms with E-state index in [-0.39, 0.29) is 6.03 Å². The highest BCUT2D eigenvalue weighted by atomic mass is 35.5. The fourth-order valence-electron chi connectivity index (χ4n) is 2.12. The first-order valence-corrected chi connectivity index (χ1v) is 8.00. The van der Waals surface area contributed by atoms with Crippen molar-refractivity contribution in [2.75, 3.05) is 10.6 Å². The smallest absolute Gasteiger partial charge is 0.323 e. The van der Waals surface area contributed by atoms with Gasteiger partial charge in [-0.25, -0.2) is 9.78 Å². The quantitative estimate of drug-likeness (QED) is 0.610. The van der Waals surface area contributed by atoms with Crippen LogP contribution in [-0.4, -0.2) is 11.0 Å². The van der Waals surface area contributed by atoms with Crippen LogP contribution in [0.2, 0.25) is 5.15 Å². The normalized spacial score (nSPS) is 10.2. The molecule has 0 bridgehead atoms. The number of carbonyl (C=O) groups is 1. The van der Waals surface area contributed by atoms with Crippen molar-refractivity contribution in [3.63, 3.8) is 0 Å². The molecule has 0 radical (unpaired) electrons. The molecular formula is C19H16ClN3O2. The van der Waals surface area contributed by atoms with Gasteiger partial charge >= 0.3 is 6.03 Å². The Hall–Kier alpha value is -3.05. The Balaban J connectivity index is 1.58. The average Bonchev–Trinajstić information content (AvgIpc) is 2.59. The van der Waals surface area contributed by atoms with E-state index in [9.17, 15) is 4.79 Å². The minimum absolute atomic E-state index is 0.307. The molecule has 0 saturated carbocycles. The standard InChI is InChI=1S/C19H16ClN3O2/c1-13-2-4-14(5-3-13)22-19(24)23-15-6-8-16(9-7-15)25-17-10-11-21-18(20)12-17/h2-12H,1H3,(H2,22,23,24). The Morgan fingerprint density at radius 3 is 2.12 bits per heavy atom. The minimum Gasteiger partial charge on any atom is -0.457 e. The highest BCUT2D eigenvalue weighted by Crippen LogP contribution is 2.24. The van der Waals surface area contributed by atoms with E-state index in [4.69, 9.17) is 16.3 Å². The number of pyridine rings is 1. The summed E-state index contributed by atoms with van der Waals surface area (Å²) in [5.41, 5.74) is 2.53. The number of anilines is 2. The Morgan fingerprint density at radius 1 is 0.920 bits per heavy atom. The molecule has 0 saturated heterocycles. The number of nitrogens with one attached hydrogen (secondary N) is 2. The fourth-order valence-corrected chi connectivity index (χ4v) is 2.28. The second kappa shape index (κ2) is 7.68. The van der Waals surface area contributed by atoms with Gasteiger partial charge < -0.3 is 15.4 Å². The summed E-state index contributed by atoms with van der Waals surface area (Å²) in [6, 6.07) is 17.7. The van der Waals surface area contributed by atoms with Crippen LogP contribution in [0.3, 0.4) is 0 Å². The van der Waals surface area contributed by atoms with Crippen molar-refractivity contribution < 1.29 is 9.53 Å². The maximum absolute atomic E-state index is 12.0. The number of carbonyl (C=O) groups excluding carboxylic acids is 1. The lowest BCUT2D eigenvalue weighted by atomic mass is 10.2. The molecule has 126 valence electrons. The first kappa shape index (κ1) is 16.8. The zero-order valence-electron chi connectivity index (χ0n) is 13.5. The van der Waals surface area contributed by atoms with Gasteiger partial charge in [-0.2, -0.15) is 0 Å². The number of halogens is 1. The zero-order chi connectivity index (χ0) is 17.6. The molecule has 5 nitrogen and oxygen atoms in total. The Morgan fingerprint density at radius 2 is 1.52 bits per heavy atom. The van der Waals surface area contributed by atoms with E-state index in [1.54, 1.807) is 42.6 Å². The topological polar surface area (TPSA) is 63.2 Å². The first-order valence-electron chi connectivity index (χ1n) is 7.63. The van der Waals surface area contributed by atoms with E-state index >= 15 is 0 Å². The summed E-state index contributed by atoms with van der Waals surface area (Å²) in [5, 5.41) is 5.91. The second-order valence-electron chi connectivity index (χ2n) is 5.39. The third-order valence-corrected chi connectivity index (χ3v) is 3.56. The van der Waals surface area contributed by atoms with Crippen molar-refractivity contribution >= 4 is 29.0 Å². The van der Waals surface area contributed by atoms with E-state index < -0.39 is 0 Å². The molecule has 1 aromatic heterocycles. The average molecular weight is 354 g/mol. The van der Waals surface area contributed by atoms with E-state index in [2.05, 4.69) is 15.6 Å². The van der Waals surface area contributed by atoms with E-state index in [1.165, 1.54) is 0 Å². The molecular weight excluding hydrogens is 338 g/mol. The number of ether oxygens (including phenoxy) is 1. The van der Waals surface area contributed by atoms with Crippen LogP contribution < -0.4 is 15.4 Å². The van der Waals surface area contributed by atoms with Gasteiger partial charge in [-0.1, -0.05) is 29.3 Å². The van der Waals surface area contributed by atoms with Crippen molar-refractivity contribution in [2.24, 2.45) is 0 Å². The molecule has 1 heterocycles. The molecule has 0 unspecified atom stereocenters. The SMILES string of the molecule is Cc1ccc(NC(=O)Nc2ccc(Oc3ccnc(Cl)c3)cc2)cc1. The van der Waals surface area contributed by atoms with Gasteiger partial charge in [-0.15, -0.1) is 0 Å². The molecule has 0 aliphatic rings. The van der Waals surface area contributed by atoms with Crippen LogP contribution in [0, 0.1) is 6.92 Å². The maximum atomic E-state index is 12.0. The van der Waals surface area contributed by atoms with Crippen LogP contribution in [0.4, 0.5) is 16.2 Å². The summed E-state index contributed by atoms with van der Waals surface area (Å²) in [6.07, 6.45) is 1.57. The largest absolute Gasteiger partial charge is 0.457 e. The third kappa shape index (κ3) is 4.96. The minimum atomic E-state index is -0.307. The molecule has 0 aliphatic heterocycles. The monoisotopic (exact) mass is 353 g/mol. The molecule has 3 rings (SSSR count). The van der Waals surface area contributed by atoms with Crippen LogP contribution in [0.1, 0.15) is 5.56 Å². The van der Waals surface area contributed by atoms with Crippen LogP contribution in [-0.2, 0) is 0 Å². The Kier molecular flexibility index (Phi) is 5.16. The van der Waals surface area contributed by atoms with Crippen LogP contribution in [0.25, 0.3) is 0 Å². The second-order valence-corrected chi connectivity index (χ2v) is 5.77. The van der Waals surface area contributed by atoms with Crippen molar-refractivity contribution in [1.29, 1.82) is 0 Å². The number of aryl methyl sites for hydroxylation is 1. The number of benzene rings is 2. The lowest BCUT2D eigenvalue weighted by Crippen LogP contribution is -2.19. The first-order chi connectivity index (χ1) is 12.1. The Labute approximate surface area is 150 Å². The molecule has 0 atom stereocenters. The Bertz CT molecular complexity index is 865. The van der Waals surface area contributed by atoms with Gasteiger partial charge in [0.2, 0.25) is 0 Å². The van der Waals surface area contributed by atoms with Crippen LogP contribution >= 0.6 is 11.6 Å². The summed E-state index contributed by atoms with van der Waals surface area (Å²) in [7, 11) is 0. The molecule has 0 fully saturated rings. The number of hydrogen-bond acceptors (Lipinski definition) is 3. The van der Waals surface area contributed by atoms with Crippen LogP contribution in [0.5, 0.6) is 11.5 Å². The molecule has 25 heavy (non-hydrogen) atoms. The van der Waals surface area contributed by atoms with Gasteiger partial charge in [0.1, 0.15) is 16.7 Å². The third-order valence-electron chi connectivity index (χ3n) is 3.36. The van der Waals surface area contributed by atoms with Gasteiger partial charge in [-0.05, 0) is 49.4 Å². The van der Waals surface area contributed by atoms with Gasteiger partial charge in [0.25, 0.3) is 0 Å². The van der Waals surface area contributed by atoms with Gasteiger partial charge in [0.15, 0.2) is 0 Å². The van der Waals surface area contributed by atoms with E-state index in [0.29, 0.717) is 22.3 Å². The predicted molar refractivity (Wildman–Crippen MR) is 99.6 cm³/mol. The highest BCUT2D eigenvalue weighted by molar-refractivity contribution is 6.29. The fraction of sp³-hybridized carbons (Fsp3) is 0.0526. The van der Waals surface area contributed by atoms with Crippen molar-refractivity contribution in [3.05, 3.63) is 77.6 Å². The summed E-state index contributed by atoms with van der Waals surface area (Å²) in [4.78, 5) is 15.9. The maximum Gasteiger partial charge on any atom is 0.323 e. The molecule has 6 heteroatoms. The molecule has 2 N–H and O–H groups in total. The van der Waals surface area contributed by atoms with Gasteiger partial charge in [-0.3, -0.25) is 0 Å². The number of aromatic nitrogens is 1. The molecule has 2 aromatic carbocycles. The van der Waals surface area contributed by atoms with Crippen molar-refractivity contribution in [3.8, 4) is 11.5 Å². The number of rotatable bonds is 4. The molecule has 0 spiro atoms. The molecule has 2 amide bonds. The number of amides is 2. The van der Waals surface area contributed by atoms with E-state index in [1.807, 2.05) is 31.2 Å². The molecule has 0 aliphatic carbocycles. The van der Waals surface area contributed by atoms with Crippen molar-refractivity contribution in [1.82, 2.24) is 4.98 Å². The summed E-state index contributed by atoms with van der Waals surface area (Å²) >= 11 is 5.82. The number of nitrogens with zero attached hydrogens (tertiary/aromatic N) is 1.